The van der Waals surface area contributed by atoms with Crippen LogP contribution in [0.1, 0.15) is 22.2 Å². The molecule has 1 N–H and O–H groups in total. The van der Waals surface area contributed by atoms with Crippen molar-refractivity contribution < 1.29 is 4.79 Å². The summed E-state index contributed by atoms with van der Waals surface area (Å²) in [6.45, 7) is 6.65. The van der Waals surface area contributed by atoms with Crippen molar-refractivity contribution >= 4 is 22.9 Å². The molecule has 0 radical (unpaired) electrons. The first kappa shape index (κ1) is 14.6. The van der Waals surface area contributed by atoms with Crippen molar-refractivity contribution in [1.82, 2.24) is 5.32 Å². The lowest BCUT2D eigenvalue weighted by atomic mass is 10.2. The van der Waals surface area contributed by atoms with E-state index in [1.807, 2.05) is 23.6 Å². The number of amides is 1. The van der Waals surface area contributed by atoms with Gasteiger partial charge < -0.3 is 10.2 Å². The largest absolute Gasteiger partial charge is 0.370 e. The van der Waals surface area contributed by atoms with Gasteiger partial charge in [0.1, 0.15) is 0 Å². The summed E-state index contributed by atoms with van der Waals surface area (Å²) in [5.41, 5.74) is 2.50. The summed E-state index contributed by atoms with van der Waals surface area (Å²) in [7, 11) is 0. The third kappa shape index (κ3) is 3.61. The van der Waals surface area contributed by atoms with Gasteiger partial charge in [0.25, 0.3) is 5.91 Å². The Kier molecular flexibility index (Phi) is 5.18. The summed E-state index contributed by atoms with van der Waals surface area (Å²) in [5, 5.41) is 4.89. The van der Waals surface area contributed by atoms with Crippen molar-refractivity contribution in [2.24, 2.45) is 0 Å². The summed E-state index contributed by atoms with van der Waals surface area (Å²) < 4.78 is 0. The topological polar surface area (TPSA) is 32.3 Å². The van der Waals surface area contributed by atoms with Gasteiger partial charge in [-0.1, -0.05) is 24.3 Å². The number of anilines is 1. The van der Waals surface area contributed by atoms with Gasteiger partial charge in [-0.15, -0.1) is 11.3 Å². The Hall–Kier alpha value is -1.81. The predicted molar refractivity (Wildman–Crippen MR) is 85.7 cm³/mol. The Morgan fingerprint density at radius 1 is 1.25 bits per heavy atom. The van der Waals surface area contributed by atoms with Crippen LogP contribution >= 0.6 is 11.3 Å². The molecule has 2 rings (SSSR count). The van der Waals surface area contributed by atoms with Gasteiger partial charge >= 0.3 is 0 Å². The Labute approximate surface area is 124 Å². The SMILES string of the molecule is CCN(CCNC(=O)c1cccs1)c1ccccc1C. The average molecular weight is 288 g/mol. The smallest absolute Gasteiger partial charge is 0.261 e. The number of aryl methyl sites for hydroxylation is 1. The molecule has 0 atom stereocenters. The number of nitrogens with zero attached hydrogens (tertiary/aromatic N) is 1. The molecule has 106 valence electrons. The molecule has 1 aromatic heterocycles. The fraction of sp³-hybridized carbons (Fsp3) is 0.312. The van der Waals surface area contributed by atoms with Crippen molar-refractivity contribution in [3.8, 4) is 0 Å². The van der Waals surface area contributed by atoms with Crippen LogP contribution < -0.4 is 10.2 Å². The highest BCUT2D eigenvalue weighted by atomic mass is 32.1. The number of rotatable bonds is 6. The summed E-state index contributed by atoms with van der Waals surface area (Å²) in [6.07, 6.45) is 0. The molecule has 0 spiro atoms. The Morgan fingerprint density at radius 2 is 2.05 bits per heavy atom. The van der Waals surface area contributed by atoms with Crippen LogP contribution in [0, 0.1) is 6.92 Å². The van der Waals surface area contributed by atoms with Crippen LogP contribution in [-0.4, -0.2) is 25.5 Å². The zero-order valence-electron chi connectivity index (χ0n) is 11.9. The second kappa shape index (κ2) is 7.10. The van der Waals surface area contributed by atoms with E-state index >= 15 is 0 Å². The number of hydrogen-bond donors (Lipinski definition) is 1. The zero-order valence-corrected chi connectivity index (χ0v) is 12.7. The molecule has 0 fully saturated rings. The van der Waals surface area contributed by atoms with Crippen LogP contribution in [0.25, 0.3) is 0 Å². The van der Waals surface area contributed by atoms with Gasteiger partial charge in [0.05, 0.1) is 4.88 Å². The second-order valence-corrected chi connectivity index (χ2v) is 5.55. The summed E-state index contributed by atoms with van der Waals surface area (Å²) in [6, 6.07) is 12.1. The molecule has 0 saturated carbocycles. The molecule has 0 bridgehead atoms. The molecule has 0 unspecified atom stereocenters. The highest BCUT2D eigenvalue weighted by Gasteiger charge is 2.09. The molecule has 1 aromatic carbocycles. The predicted octanol–water partition coefficient (Wildman–Crippen LogP) is 3.31. The van der Waals surface area contributed by atoms with Gasteiger partial charge in [-0.3, -0.25) is 4.79 Å². The quantitative estimate of drug-likeness (QED) is 0.884. The number of carbonyl (C=O) groups is 1. The highest BCUT2D eigenvalue weighted by Crippen LogP contribution is 2.18. The van der Waals surface area contributed by atoms with E-state index in [1.165, 1.54) is 22.6 Å². The van der Waals surface area contributed by atoms with Crippen molar-refractivity contribution in [3.05, 3.63) is 52.2 Å². The van der Waals surface area contributed by atoms with E-state index in [1.54, 1.807) is 0 Å². The van der Waals surface area contributed by atoms with E-state index in [4.69, 9.17) is 0 Å². The second-order valence-electron chi connectivity index (χ2n) is 4.60. The van der Waals surface area contributed by atoms with E-state index in [0.717, 1.165) is 18.0 Å². The fourth-order valence-electron chi connectivity index (χ4n) is 2.17. The fourth-order valence-corrected chi connectivity index (χ4v) is 2.81. The van der Waals surface area contributed by atoms with Gasteiger partial charge in [-0.25, -0.2) is 0 Å². The number of para-hydroxylation sites is 1. The van der Waals surface area contributed by atoms with E-state index < -0.39 is 0 Å². The Balaban J connectivity index is 1.89. The molecule has 20 heavy (non-hydrogen) atoms. The van der Waals surface area contributed by atoms with Crippen molar-refractivity contribution in [3.63, 3.8) is 0 Å². The number of nitrogens with one attached hydrogen (secondary N) is 1. The van der Waals surface area contributed by atoms with Gasteiger partial charge in [0.2, 0.25) is 0 Å². The number of hydrogen-bond acceptors (Lipinski definition) is 3. The van der Waals surface area contributed by atoms with E-state index in [9.17, 15) is 4.79 Å². The van der Waals surface area contributed by atoms with Gasteiger partial charge in [-0.2, -0.15) is 0 Å². The number of thiophene rings is 1. The van der Waals surface area contributed by atoms with Crippen molar-refractivity contribution in [2.45, 2.75) is 13.8 Å². The molecule has 0 aliphatic carbocycles. The maximum Gasteiger partial charge on any atom is 0.261 e. The summed E-state index contributed by atoms with van der Waals surface area (Å²) in [5.74, 6) is 0.0147. The Bertz CT molecular complexity index is 551. The van der Waals surface area contributed by atoms with Crippen LogP contribution in [0.3, 0.4) is 0 Å². The maximum atomic E-state index is 11.9. The minimum atomic E-state index is 0.0147. The molecule has 0 aliphatic heterocycles. The number of likely N-dealkylation sites (N-methyl/N-ethyl adjacent to an activating group) is 1. The number of carbonyl (C=O) groups excluding carboxylic acids is 1. The maximum absolute atomic E-state index is 11.9. The normalized spacial score (nSPS) is 10.3. The van der Waals surface area contributed by atoms with Crippen molar-refractivity contribution in [1.29, 1.82) is 0 Å². The third-order valence-corrected chi connectivity index (χ3v) is 4.12. The van der Waals surface area contributed by atoms with Gasteiger partial charge in [-0.05, 0) is 36.9 Å². The zero-order chi connectivity index (χ0) is 14.4. The van der Waals surface area contributed by atoms with E-state index in [2.05, 4.69) is 42.3 Å². The first-order valence-corrected chi connectivity index (χ1v) is 7.72. The first-order chi connectivity index (χ1) is 9.72. The summed E-state index contributed by atoms with van der Waals surface area (Å²) >= 11 is 1.47. The summed E-state index contributed by atoms with van der Waals surface area (Å²) in [4.78, 5) is 14.9. The van der Waals surface area contributed by atoms with Crippen molar-refractivity contribution in [2.75, 3.05) is 24.5 Å². The van der Waals surface area contributed by atoms with E-state index in [0.29, 0.717) is 6.54 Å². The standard InChI is InChI=1S/C16H20N2OS/c1-3-18(14-8-5-4-7-13(14)2)11-10-17-16(19)15-9-6-12-20-15/h4-9,12H,3,10-11H2,1-2H3,(H,17,19). The lowest BCUT2D eigenvalue weighted by Gasteiger charge is -2.25. The molecule has 0 aliphatic rings. The molecule has 2 aromatic rings. The molecule has 0 saturated heterocycles. The molecule has 1 amide bonds. The average Bonchev–Trinajstić information content (AvgIpc) is 2.99. The molecular weight excluding hydrogens is 268 g/mol. The molecule has 4 heteroatoms. The minimum absolute atomic E-state index is 0.0147. The third-order valence-electron chi connectivity index (χ3n) is 3.25. The minimum Gasteiger partial charge on any atom is -0.370 e. The lowest BCUT2D eigenvalue weighted by Crippen LogP contribution is -2.35. The van der Waals surface area contributed by atoms with Crippen LogP contribution in [0.4, 0.5) is 5.69 Å². The van der Waals surface area contributed by atoms with Gasteiger partial charge in [0, 0.05) is 25.3 Å². The first-order valence-electron chi connectivity index (χ1n) is 6.84. The van der Waals surface area contributed by atoms with Crippen LogP contribution in [0.15, 0.2) is 41.8 Å². The monoisotopic (exact) mass is 288 g/mol. The van der Waals surface area contributed by atoms with Gasteiger partial charge in [0.15, 0.2) is 0 Å². The Morgan fingerprint density at radius 3 is 2.70 bits per heavy atom. The van der Waals surface area contributed by atoms with E-state index in [-0.39, 0.29) is 5.91 Å². The molecule has 3 nitrogen and oxygen atoms in total. The van der Waals surface area contributed by atoms with Crippen LogP contribution in [0.2, 0.25) is 0 Å². The lowest BCUT2D eigenvalue weighted by molar-refractivity contribution is 0.0958. The van der Waals surface area contributed by atoms with Crippen LogP contribution in [-0.2, 0) is 0 Å². The highest BCUT2D eigenvalue weighted by molar-refractivity contribution is 7.12. The molecular formula is C16H20N2OS. The van der Waals surface area contributed by atoms with Crippen LogP contribution in [0.5, 0.6) is 0 Å². The number of benzene rings is 1. The molecule has 1 heterocycles.